The Bertz CT molecular complexity index is 862. The van der Waals surface area contributed by atoms with E-state index in [1.165, 1.54) is 38.5 Å². The van der Waals surface area contributed by atoms with Crippen molar-refractivity contribution in [1.82, 2.24) is 0 Å². The fourth-order valence-electron chi connectivity index (χ4n) is 2.09. The molecule has 0 aliphatic carbocycles. The Balaban J connectivity index is 2.51. The van der Waals surface area contributed by atoms with E-state index in [4.69, 9.17) is 27.4 Å². The zero-order valence-electron chi connectivity index (χ0n) is 13.5. The van der Waals surface area contributed by atoms with Crippen molar-refractivity contribution in [3.63, 3.8) is 0 Å². The van der Waals surface area contributed by atoms with E-state index in [-0.39, 0.29) is 15.6 Å². The molecule has 0 saturated heterocycles. The Labute approximate surface area is 146 Å². The van der Waals surface area contributed by atoms with Crippen LogP contribution in [0.5, 0.6) is 11.5 Å². The molecule has 0 aromatic heterocycles. The lowest BCUT2D eigenvalue weighted by Gasteiger charge is -2.16. The number of methoxy groups -OCH3 is 2. The van der Waals surface area contributed by atoms with Gasteiger partial charge in [0, 0.05) is 11.6 Å². The van der Waals surface area contributed by atoms with E-state index in [1.807, 2.05) is 6.92 Å². The first kappa shape index (κ1) is 18.0. The molecule has 3 N–H and O–H groups in total. The third-order valence-corrected chi connectivity index (χ3v) is 4.97. The number of rotatable bonds is 6. The van der Waals surface area contributed by atoms with Crippen molar-refractivity contribution in [2.24, 2.45) is 5.73 Å². The standard InChI is InChI=1S/C16H18N2O4S2/c1-10-4-6-11(7-5-10)24(19,20)18-13-9-15(22-3)14(21-2)8-12(13)16(17)23/h4-9,18H,1-3H3,(H2,17,23). The van der Waals surface area contributed by atoms with Crippen molar-refractivity contribution in [2.75, 3.05) is 18.9 Å². The Morgan fingerprint density at radius 2 is 1.62 bits per heavy atom. The molecule has 0 atom stereocenters. The minimum atomic E-state index is -3.79. The van der Waals surface area contributed by atoms with E-state index in [9.17, 15) is 8.42 Å². The summed E-state index contributed by atoms with van der Waals surface area (Å²) < 4.78 is 38.0. The van der Waals surface area contributed by atoms with Crippen molar-refractivity contribution in [3.8, 4) is 11.5 Å². The van der Waals surface area contributed by atoms with Gasteiger partial charge in [-0.05, 0) is 25.1 Å². The Hall–Kier alpha value is -2.32. The Morgan fingerprint density at radius 1 is 1.08 bits per heavy atom. The molecule has 0 radical (unpaired) electrons. The maximum absolute atomic E-state index is 12.6. The lowest BCUT2D eigenvalue weighted by molar-refractivity contribution is 0.355. The fourth-order valence-corrected chi connectivity index (χ4v) is 3.33. The Morgan fingerprint density at radius 3 is 2.12 bits per heavy atom. The van der Waals surface area contributed by atoms with Crippen molar-refractivity contribution >= 4 is 32.9 Å². The summed E-state index contributed by atoms with van der Waals surface area (Å²) in [6.07, 6.45) is 0. The third kappa shape index (κ3) is 3.77. The van der Waals surface area contributed by atoms with Gasteiger partial charge >= 0.3 is 0 Å². The summed E-state index contributed by atoms with van der Waals surface area (Å²) in [5, 5.41) is 0. The number of benzene rings is 2. The number of hydrogen-bond donors (Lipinski definition) is 2. The van der Waals surface area contributed by atoms with Gasteiger partial charge in [0.15, 0.2) is 11.5 Å². The van der Waals surface area contributed by atoms with Crippen LogP contribution in [0.4, 0.5) is 5.69 Å². The van der Waals surface area contributed by atoms with E-state index in [2.05, 4.69) is 4.72 Å². The average molecular weight is 366 g/mol. The third-order valence-electron chi connectivity index (χ3n) is 3.36. The van der Waals surface area contributed by atoms with E-state index < -0.39 is 10.0 Å². The van der Waals surface area contributed by atoms with E-state index in [0.717, 1.165) is 5.56 Å². The fraction of sp³-hybridized carbons (Fsp3) is 0.188. The topological polar surface area (TPSA) is 90.7 Å². The lowest BCUT2D eigenvalue weighted by atomic mass is 10.1. The van der Waals surface area contributed by atoms with Crippen LogP contribution in [0.3, 0.4) is 0 Å². The molecule has 0 saturated carbocycles. The summed E-state index contributed by atoms with van der Waals surface area (Å²) in [7, 11) is -0.868. The second kappa shape index (κ2) is 7.06. The molecule has 24 heavy (non-hydrogen) atoms. The van der Waals surface area contributed by atoms with Gasteiger partial charge in [-0.15, -0.1) is 0 Å². The van der Waals surface area contributed by atoms with Crippen molar-refractivity contribution in [1.29, 1.82) is 0 Å². The van der Waals surface area contributed by atoms with Crippen LogP contribution in [0, 0.1) is 6.92 Å². The van der Waals surface area contributed by atoms with Crippen LogP contribution >= 0.6 is 12.2 Å². The normalized spacial score (nSPS) is 11.0. The lowest BCUT2D eigenvalue weighted by Crippen LogP contribution is -2.18. The second-order valence-corrected chi connectivity index (χ2v) is 7.16. The highest BCUT2D eigenvalue weighted by molar-refractivity contribution is 7.92. The molecule has 0 fully saturated rings. The number of nitrogens with one attached hydrogen (secondary N) is 1. The molecule has 0 heterocycles. The summed E-state index contributed by atoms with van der Waals surface area (Å²) in [6, 6.07) is 9.51. The van der Waals surface area contributed by atoms with Crippen LogP contribution in [0.1, 0.15) is 11.1 Å². The highest BCUT2D eigenvalue weighted by Gasteiger charge is 2.19. The second-order valence-electron chi connectivity index (χ2n) is 5.04. The summed E-state index contributed by atoms with van der Waals surface area (Å²) in [5.74, 6) is 0.762. The van der Waals surface area contributed by atoms with Gasteiger partial charge in [0.05, 0.1) is 24.8 Å². The molecule has 0 bridgehead atoms. The molecule has 2 aromatic carbocycles. The minimum Gasteiger partial charge on any atom is -0.493 e. The Kier molecular flexibility index (Phi) is 5.30. The summed E-state index contributed by atoms with van der Waals surface area (Å²) in [6.45, 7) is 1.88. The molecule has 0 unspecified atom stereocenters. The van der Waals surface area contributed by atoms with Crippen LogP contribution in [0.15, 0.2) is 41.3 Å². The zero-order valence-corrected chi connectivity index (χ0v) is 15.1. The first-order valence-corrected chi connectivity index (χ1v) is 8.83. The number of hydrogen-bond acceptors (Lipinski definition) is 5. The first-order chi connectivity index (χ1) is 11.3. The molecule has 2 aromatic rings. The largest absolute Gasteiger partial charge is 0.493 e. The monoisotopic (exact) mass is 366 g/mol. The summed E-state index contributed by atoms with van der Waals surface area (Å²) in [4.78, 5) is 0.175. The van der Waals surface area contributed by atoms with E-state index in [1.54, 1.807) is 12.1 Å². The maximum Gasteiger partial charge on any atom is 0.261 e. The molecule has 8 heteroatoms. The van der Waals surface area contributed by atoms with Gasteiger partial charge in [-0.25, -0.2) is 8.42 Å². The molecule has 2 rings (SSSR count). The highest BCUT2D eigenvalue weighted by atomic mass is 32.2. The minimum absolute atomic E-state index is 0.0394. The van der Waals surface area contributed by atoms with Crippen LogP contribution in [-0.2, 0) is 10.0 Å². The number of ether oxygens (including phenoxy) is 2. The molecule has 0 amide bonds. The van der Waals surface area contributed by atoms with Crippen LogP contribution < -0.4 is 19.9 Å². The molecule has 128 valence electrons. The predicted octanol–water partition coefficient (Wildman–Crippen LogP) is 2.45. The number of nitrogens with two attached hydrogens (primary N) is 1. The molecule has 0 aliphatic rings. The smallest absolute Gasteiger partial charge is 0.261 e. The quantitative estimate of drug-likeness (QED) is 0.763. The average Bonchev–Trinajstić information content (AvgIpc) is 2.54. The van der Waals surface area contributed by atoms with Gasteiger partial charge in [-0.3, -0.25) is 4.72 Å². The predicted molar refractivity (Wildman–Crippen MR) is 97.4 cm³/mol. The van der Waals surface area contributed by atoms with Gasteiger partial charge in [0.1, 0.15) is 4.99 Å². The van der Waals surface area contributed by atoms with Gasteiger partial charge in [-0.2, -0.15) is 0 Å². The van der Waals surface area contributed by atoms with Crippen LogP contribution in [0.2, 0.25) is 0 Å². The number of anilines is 1. The molecule has 0 spiro atoms. The molecule has 6 nitrogen and oxygen atoms in total. The van der Waals surface area contributed by atoms with Crippen LogP contribution in [0.25, 0.3) is 0 Å². The summed E-state index contributed by atoms with van der Waals surface area (Å²) in [5.41, 5.74) is 7.24. The number of aryl methyl sites for hydroxylation is 1. The van der Waals surface area contributed by atoms with Crippen LogP contribution in [-0.4, -0.2) is 27.6 Å². The summed E-state index contributed by atoms with van der Waals surface area (Å²) >= 11 is 5.01. The van der Waals surface area contributed by atoms with Crippen molar-refractivity contribution < 1.29 is 17.9 Å². The number of sulfonamides is 1. The van der Waals surface area contributed by atoms with Gasteiger partial charge in [0.25, 0.3) is 10.0 Å². The van der Waals surface area contributed by atoms with Gasteiger partial charge < -0.3 is 15.2 Å². The van der Waals surface area contributed by atoms with E-state index >= 15 is 0 Å². The SMILES string of the molecule is COc1cc(NS(=O)(=O)c2ccc(C)cc2)c(C(N)=S)cc1OC. The first-order valence-electron chi connectivity index (χ1n) is 6.94. The van der Waals surface area contributed by atoms with E-state index in [0.29, 0.717) is 17.1 Å². The van der Waals surface area contributed by atoms with Gasteiger partial charge in [0.2, 0.25) is 0 Å². The van der Waals surface area contributed by atoms with Crippen molar-refractivity contribution in [3.05, 3.63) is 47.5 Å². The molecular weight excluding hydrogens is 348 g/mol. The molecule has 0 aliphatic heterocycles. The number of thiocarbonyl (C=S) groups is 1. The highest BCUT2D eigenvalue weighted by Crippen LogP contribution is 2.34. The van der Waals surface area contributed by atoms with Gasteiger partial charge in [-0.1, -0.05) is 29.9 Å². The molecular formula is C16H18N2O4S2. The zero-order chi connectivity index (χ0) is 17.9. The van der Waals surface area contributed by atoms with Crippen molar-refractivity contribution in [2.45, 2.75) is 11.8 Å². The maximum atomic E-state index is 12.6.